The van der Waals surface area contributed by atoms with E-state index in [9.17, 15) is 9.59 Å². The molecule has 0 saturated carbocycles. The number of aromatic nitrogens is 4. The molecule has 0 aliphatic rings. The molecular formula is C35H35N7O4. The highest BCUT2D eigenvalue weighted by atomic mass is 16.5. The second-order valence-electron chi connectivity index (χ2n) is 11.0. The third-order valence-corrected chi connectivity index (χ3v) is 7.83. The first-order chi connectivity index (χ1) is 22.4. The van der Waals surface area contributed by atoms with E-state index in [4.69, 9.17) is 19.4 Å². The molecule has 6 aromatic rings. The Morgan fingerprint density at radius 3 is 1.50 bits per heavy atom. The summed E-state index contributed by atoms with van der Waals surface area (Å²) >= 11 is 0. The number of ether oxygens (including phenoxy) is 2. The molecule has 6 rings (SSSR count). The minimum Gasteiger partial charge on any atom is -0.497 e. The number of fused-ring (bicyclic) bond motifs is 4. The Bertz CT molecular complexity index is 1920. The minimum atomic E-state index is -0.177. The van der Waals surface area contributed by atoms with Crippen molar-refractivity contribution in [1.82, 2.24) is 35.5 Å². The molecule has 2 aromatic heterocycles. The van der Waals surface area contributed by atoms with Gasteiger partial charge < -0.3 is 25.0 Å². The van der Waals surface area contributed by atoms with Crippen LogP contribution < -0.4 is 20.1 Å². The van der Waals surface area contributed by atoms with Crippen LogP contribution in [0.4, 0.5) is 0 Å². The summed E-state index contributed by atoms with van der Waals surface area (Å²) in [5.41, 5.74) is 6.28. The zero-order valence-electron chi connectivity index (χ0n) is 26.0. The zero-order chi connectivity index (χ0) is 32.0. The summed E-state index contributed by atoms with van der Waals surface area (Å²) in [6.45, 7) is 2.65. The average Bonchev–Trinajstić information content (AvgIpc) is 3.08. The van der Waals surface area contributed by atoms with Gasteiger partial charge in [-0.15, -0.1) is 0 Å². The Morgan fingerprint density at radius 2 is 1.07 bits per heavy atom. The molecule has 0 aliphatic carbocycles. The molecule has 46 heavy (non-hydrogen) atoms. The van der Waals surface area contributed by atoms with Crippen LogP contribution in [0.25, 0.3) is 44.1 Å². The third kappa shape index (κ3) is 6.64. The molecule has 2 N–H and O–H groups in total. The molecule has 0 saturated heterocycles. The molecule has 0 aliphatic heterocycles. The van der Waals surface area contributed by atoms with Gasteiger partial charge in [0.1, 0.15) is 22.5 Å². The van der Waals surface area contributed by atoms with Crippen molar-refractivity contribution in [2.45, 2.75) is 12.8 Å². The third-order valence-electron chi connectivity index (χ3n) is 7.83. The van der Waals surface area contributed by atoms with Crippen LogP contribution in [0.5, 0.6) is 11.5 Å². The number of methoxy groups -OCH3 is 2. The minimum absolute atomic E-state index is 0.177. The molecule has 4 aromatic carbocycles. The van der Waals surface area contributed by atoms with Crippen molar-refractivity contribution >= 4 is 55.9 Å². The van der Waals surface area contributed by atoms with E-state index in [0.717, 1.165) is 25.9 Å². The average molecular weight is 618 g/mol. The van der Waals surface area contributed by atoms with Crippen molar-refractivity contribution in [3.05, 3.63) is 83.9 Å². The topological polar surface area (TPSA) is 131 Å². The first-order valence-corrected chi connectivity index (χ1v) is 15.2. The summed E-state index contributed by atoms with van der Waals surface area (Å²) in [6.07, 6.45) is 1.56. The summed E-state index contributed by atoms with van der Waals surface area (Å²) in [4.78, 5) is 47.0. The maximum Gasteiger partial charge on any atom is 0.253 e. The number of amides is 2. The fourth-order valence-corrected chi connectivity index (χ4v) is 5.38. The van der Waals surface area contributed by atoms with Crippen LogP contribution in [0.15, 0.2) is 72.8 Å². The molecule has 0 spiro atoms. The van der Waals surface area contributed by atoms with E-state index >= 15 is 0 Å². The maximum atomic E-state index is 13.0. The van der Waals surface area contributed by atoms with Crippen LogP contribution in [-0.2, 0) is 0 Å². The molecule has 2 heterocycles. The van der Waals surface area contributed by atoms with E-state index in [-0.39, 0.29) is 11.8 Å². The Balaban J connectivity index is 0.964. The van der Waals surface area contributed by atoms with Gasteiger partial charge in [-0.05, 0) is 81.5 Å². The van der Waals surface area contributed by atoms with Gasteiger partial charge in [-0.3, -0.25) is 9.59 Å². The molecule has 0 unspecified atom stereocenters. The molecule has 2 amide bonds. The van der Waals surface area contributed by atoms with Crippen LogP contribution in [0.2, 0.25) is 0 Å². The SMILES string of the molecule is COc1ccc2nc3c(C(=O)NCCCN(C)CCCNC(=O)c4cccc5nc6cc(OC)ccc6nc45)cccc3nc2c1. The van der Waals surface area contributed by atoms with Crippen molar-refractivity contribution in [3.63, 3.8) is 0 Å². The standard InChI is InChI=1S/C35H35N7O4/c1-42(18-6-16-36-34(43)24-8-4-10-28-32(24)40-26-14-12-22(45-2)20-30(26)38-28)19-7-17-37-35(44)25-9-5-11-29-33(25)41-27-15-13-23(46-3)21-31(27)39-29/h4-5,8-15,20-21H,6-7,16-19H2,1-3H3,(H,36,43)(H,37,44). The lowest BCUT2D eigenvalue weighted by molar-refractivity contribution is 0.0947. The van der Waals surface area contributed by atoms with Gasteiger partial charge in [0, 0.05) is 25.2 Å². The highest BCUT2D eigenvalue weighted by molar-refractivity contribution is 6.07. The number of carbonyl (C=O) groups excluding carboxylic acids is 2. The number of hydrogen-bond acceptors (Lipinski definition) is 9. The van der Waals surface area contributed by atoms with Gasteiger partial charge in [0.05, 0.1) is 58.4 Å². The van der Waals surface area contributed by atoms with Gasteiger partial charge in [-0.1, -0.05) is 12.1 Å². The van der Waals surface area contributed by atoms with Crippen molar-refractivity contribution in [1.29, 1.82) is 0 Å². The van der Waals surface area contributed by atoms with Gasteiger partial charge in [0.25, 0.3) is 11.8 Å². The van der Waals surface area contributed by atoms with Gasteiger partial charge in [0.15, 0.2) is 0 Å². The number of carbonyl (C=O) groups is 2. The quantitative estimate of drug-likeness (QED) is 0.147. The van der Waals surface area contributed by atoms with Gasteiger partial charge >= 0.3 is 0 Å². The van der Waals surface area contributed by atoms with Crippen LogP contribution in [-0.4, -0.2) is 84.1 Å². The number of benzene rings is 4. The van der Waals surface area contributed by atoms with Crippen LogP contribution in [0.1, 0.15) is 33.6 Å². The lowest BCUT2D eigenvalue weighted by Gasteiger charge is -2.17. The molecule has 0 atom stereocenters. The van der Waals surface area contributed by atoms with E-state index in [1.165, 1.54) is 0 Å². The largest absolute Gasteiger partial charge is 0.497 e. The highest BCUT2D eigenvalue weighted by Gasteiger charge is 2.15. The van der Waals surface area contributed by atoms with Crippen LogP contribution in [0, 0.1) is 0 Å². The first-order valence-electron chi connectivity index (χ1n) is 15.2. The van der Waals surface area contributed by atoms with E-state index in [1.54, 1.807) is 26.4 Å². The van der Waals surface area contributed by atoms with Gasteiger partial charge in [-0.25, -0.2) is 19.9 Å². The monoisotopic (exact) mass is 617 g/mol. The molecule has 11 nitrogen and oxygen atoms in total. The second-order valence-corrected chi connectivity index (χ2v) is 11.0. The van der Waals surface area contributed by atoms with Crippen LogP contribution in [0.3, 0.4) is 0 Å². The highest BCUT2D eigenvalue weighted by Crippen LogP contribution is 2.24. The van der Waals surface area contributed by atoms with E-state index < -0.39 is 0 Å². The summed E-state index contributed by atoms with van der Waals surface area (Å²) < 4.78 is 10.6. The number of nitrogens with zero attached hydrogens (tertiary/aromatic N) is 5. The number of rotatable bonds is 12. The van der Waals surface area contributed by atoms with Gasteiger partial charge in [0.2, 0.25) is 0 Å². The Hall–Kier alpha value is -5.42. The lowest BCUT2D eigenvalue weighted by atomic mass is 10.1. The first kappa shape index (κ1) is 30.6. The Kier molecular flexibility index (Phi) is 9.11. The number of hydrogen-bond donors (Lipinski definition) is 2. The molecule has 0 fully saturated rings. The smallest absolute Gasteiger partial charge is 0.253 e. The van der Waals surface area contributed by atoms with Crippen molar-refractivity contribution in [3.8, 4) is 11.5 Å². The normalized spacial score (nSPS) is 11.4. The van der Waals surface area contributed by atoms with Crippen molar-refractivity contribution < 1.29 is 19.1 Å². The fourth-order valence-electron chi connectivity index (χ4n) is 5.38. The zero-order valence-corrected chi connectivity index (χ0v) is 26.0. The maximum absolute atomic E-state index is 13.0. The molecule has 0 bridgehead atoms. The molecule has 234 valence electrons. The van der Waals surface area contributed by atoms with E-state index in [0.29, 0.717) is 79.8 Å². The molecule has 0 radical (unpaired) electrons. The van der Waals surface area contributed by atoms with Crippen LogP contribution >= 0.6 is 0 Å². The molecular weight excluding hydrogens is 582 g/mol. The predicted molar refractivity (Wildman–Crippen MR) is 179 cm³/mol. The predicted octanol–water partition coefficient (Wildman–Crippen LogP) is 4.77. The Labute approximate surface area is 266 Å². The van der Waals surface area contributed by atoms with Crippen molar-refractivity contribution in [2.24, 2.45) is 0 Å². The molecule has 11 heteroatoms. The van der Waals surface area contributed by atoms with Crippen molar-refractivity contribution in [2.75, 3.05) is 47.4 Å². The van der Waals surface area contributed by atoms with E-state index in [1.807, 2.05) is 67.7 Å². The second kappa shape index (κ2) is 13.7. The Morgan fingerprint density at radius 1 is 0.609 bits per heavy atom. The van der Waals surface area contributed by atoms with E-state index in [2.05, 4.69) is 25.5 Å². The fraction of sp³-hybridized carbons (Fsp3) is 0.257. The summed E-state index contributed by atoms with van der Waals surface area (Å²) in [6, 6.07) is 21.9. The van der Waals surface area contributed by atoms with Gasteiger partial charge in [-0.2, -0.15) is 0 Å². The number of nitrogens with one attached hydrogen (secondary N) is 2. The number of para-hydroxylation sites is 2. The lowest BCUT2D eigenvalue weighted by Crippen LogP contribution is -2.31. The summed E-state index contributed by atoms with van der Waals surface area (Å²) in [5.74, 6) is 1.06. The summed E-state index contributed by atoms with van der Waals surface area (Å²) in [7, 11) is 5.25. The summed E-state index contributed by atoms with van der Waals surface area (Å²) in [5, 5.41) is 6.03.